The zero-order valence-corrected chi connectivity index (χ0v) is 11.7. The molecule has 0 amide bonds. The number of benzene rings is 1. The van der Waals surface area contributed by atoms with Gasteiger partial charge in [0.1, 0.15) is 11.5 Å². The molecule has 0 bridgehead atoms. The maximum atomic E-state index is 5.46. The highest BCUT2D eigenvalue weighted by atomic mass is 16.5. The van der Waals surface area contributed by atoms with Gasteiger partial charge in [-0.3, -0.25) is 4.68 Å². The van der Waals surface area contributed by atoms with Crippen molar-refractivity contribution in [2.75, 3.05) is 21.3 Å². The Kier molecular flexibility index (Phi) is 4.06. The molecule has 1 N–H and O–H groups in total. The second-order valence-electron chi connectivity index (χ2n) is 4.21. The van der Waals surface area contributed by atoms with Crippen LogP contribution in [0.1, 0.15) is 17.3 Å². The van der Waals surface area contributed by atoms with Gasteiger partial charge in [0.15, 0.2) is 0 Å². The number of methoxy groups -OCH3 is 2. The van der Waals surface area contributed by atoms with Crippen molar-refractivity contribution in [3.8, 4) is 11.5 Å². The Hall–Kier alpha value is -2.01. The maximum Gasteiger partial charge on any atom is 0.127 e. The fraction of sp³-hybridized carbons (Fsp3) is 0.357. The molecule has 0 radical (unpaired) electrons. The summed E-state index contributed by atoms with van der Waals surface area (Å²) in [5, 5.41) is 7.50. The smallest absolute Gasteiger partial charge is 0.127 e. The third-order valence-corrected chi connectivity index (χ3v) is 3.19. The monoisotopic (exact) mass is 261 g/mol. The molecule has 102 valence electrons. The number of rotatable bonds is 5. The first kappa shape index (κ1) is 13.4. The number of aryl methyl sites for hydroxylation is 1. The van der Waals surface area contributed by atoms with Crippen LogP contribution in [-0.4, -0.2) is 31.0 Å². The molecule has 1 aromatic heterocycles. The van der Waals surface area contributed by atoms with Gasteiger partial charge in [-0.05, 0) is 25.2 Å². The van der Waals surface area contributed by atoms with Gasteiger partial charge in [-0.1, -0.05) is 0 Å². The second-order valence-corrected chi connectivity index (χ2v) is 4.21. The van der Waals surface area contributed by atoms with Crippen molar-refractivity contribution < 1.29 is 9.47 Å². The van der Waals surface area contributed by atoms with Crippen LogP contribution in [-0.2, 0) is 7.05 Å². The molecule has 0 saturated heterocycles. The molecule has 0 fully saturated rings. The Morgan fingerprint density at radius 1 is 1.21 bits per heavy atom. The van der Waals surface area contributed by atoms with Crippen LogP contribution >= 0.6 is 0 Å². The molecule has 0 aliphatic heterocycles. The highest BCUT2D eigenvalue weighted by molar-refractivity contribution is 5.45. The Balaban J connectivity index is 2.46. The van der Waals surface area contributed by atoms with E-state index in [0.29, 0.717) is 0 Å². The maximum absolute atomic E-state index is 5.46. The first-order valence-corrected chi connectivity index (χ1v) is 6.08. The largest absolute Gasteiger partial charge is 0.497 e. The molecule has 0 aliphatic carbocycles. The summed E-state index contributed by atoms with van der Waals surface area (Å²) >= 11 is 0. The van der Waals surface area contributed by atoms with E-state index in [1.807, 2.05) is 43.0 Å². The van der Waals surface area contributed by atoms with Crippen molar-refractivity contribution in [3.63, 3.8) is 0 Å². The molecular weight excluding hydrogens is 242 g/mol. The molecule has 2 rings (SSSR count). The van der Waals surface area contributed by atoms with Gasteiger partial charge in [0.25, 0.3) is 0 Å². The van der Waals surface area contributed by atoms with Crippen molar-refractivity contribution in [1.29, 1.82) is 0 Å². The summed E-state index contributed by atoms with van der Waals surface area (Å²) in [5.74, 6) is 1.57. The van der Waals surface area contributed by atoms with Gasteiger partial charge in [0.2, 0.25) is 0 Å². The van der Waals surface area contributed by atoms with E-state index in [0.717, 1.165) is 22.8 Å². The van der Waals surface area contributed by atoms with Gasteiger partial charge in [0, 0.05) is 24.9 Å². The second kappa shape index (κ2) is 5.75. The van der Waals surface area contributed by atoms with Crippen LogP contribution in [0.5, 0.6) is 11.5 Å². The minimum Gasteiger partial charge on any atom is -0.497 e. The number of hydrogen-bond donors (Lipinski definition) is 1. The third kappa shape index (κ3) is 2.56. The van der Waals surface area contributed by atoms with Crippen LogP contribution in [0, 0.1) is 0 Å². The van der Waals surface area contributed by atoms with E-state index in [4.69, 9.17) is 9.47 Å². The van der Waals surface area contributed by atoms with Crippen LogP contribution in [0.15, 0.2) is 30.5 Å². The van der Waals surface area contributed by atoms with Gasteiger partial charge < -0.3 is 14.8 Å². The summed E-state index contributed by atoms with van der Waals surface area (Å²) in [7, 11) is 7.15. The van der Waals surface area contributed by atoms with Crippen molar-refractivity contribution in [2.45, 2.75) is 6.04 Å². The summed E-state index contributed by atoms with van der Waals surface area (Å²) in [6, 6.07) is 7.83. The molecule has 0 spiro atoms. The average molecular weight is 261 g/mol. The zero-order valence-electron chi connectivity index (χ0n) is 11.7. The Bertz CT molecular complexity index is 551. The minimum absolute atomic E-state index is 0.0216. The molecular formula is C14H19N3O2. The van der Waals surface area contributed by atoms with E-state index >= 15 is 0 Å². The van der Waals surface area contributed by atoms with E-state index in [1.54, 1.807) is 20.4 Å². The Morgan fingerprint density at radius 3 is 2.53 bits per heavy atom. The highest BCUT2D eigenvalue weighted by Crippen LogP contribution is 2.32. The standard InChI is InChI=1S/C14H19N3O2/c1-15-14(12-7-8-16-17(12)2)11-6-5-10(18-3)9-13(11)19-4/h5-9,14-15H,1-4H3. The molecule has 1 unspecified atom stereocenters. The van der Waals surface area contributed by atoms with Crippen molar-refractivity contribution in [3.05, 3.63) is 41.7 Å². The van der Waals surface area contributed by atoms with E-state index in [1.165, 1.54) is 0 Å². The summed E-state index contributed by atoms with van der Waals surface area (Å²) in [6.07, 6.45) is 1.79. The van der Waals surface area contributed by atoms with E-state index in [9.17, 15) is 0 Å². The lowest BCUT2D eigenvalue weighted by molar-refractivity contribution is 0.387. The molecule has 0 saturated carbocycles. The van der Waals surface area contributed by atoms with Crippen LogP contribution in [0.4, 0.5) is 0 Å². The van der Waals surface area contributed by atoms with E-state index in [2.05, 4.69) is 10.4 Å². The van der Waals surface area contributed by atoms with Gasteiger partial charge in [-0.15, -0.1) is 0 Å². The fourth-order valence-corrected chi connectivity index (χ4v) is 2.19. The molecule has 5 nitrogen and oxygen atoms in total. The van der Waals surface area contributed by atoms with E-state index < -0.39 is 0 Å². The molecule has 0 aliphatic rings. The van der Waals surface area contributed by atoms with Crippen LogP contribution < -0.4 is 14.8 Å². The number of nitrogens with zero attached hydrogens (tertiary/aromatic N) is 2. The SMILES string of the molecule is CNC(c1ccc(OC)cc1OC)c1ccnn1C. The van der Waals surface area contributed by atoms with Crippen LogP contribution in [0.3, 0.4) is 0 Å². The number of ether oxygens (including phenoxy) is 2. The van der Waals surface area contributed by atoms with Crippen molar-refractivity contribution in [2.24, 2.45) is 7.05 Å². The summed E-state index contributed by atoms with van der Waals surface area (Å²) < 4.78 is 12.5. The topological polar surface area (TPSA) is 48.3 Å². The van der Waals surface area contributed by atoms with E-state index in [-0.39, 0.29) is 6.04 Å². The summed E-state index contributed by atoms with van der Waals surface area (Å²) in [6.45, 7) is 0. The lowest BCUT2D eigenvalue weighted by atomic mass is 10.0. The number of nitrogens with one attached hydrogen (secondary N) is 1. The predicted molar refractivity (Wildman–Crippen MR) is 73.7 cm³/mol. The third-order valence-electron chi connectivity index (χ3n) is 3.19. The summed E-state index contributed by atoms with van der Waals surface area (Å²) in [5.41, 5.74) is 2.13. The number of hydrogen-bond acceptors (Lipinski definition) is 4. The number of aromatic nitrogens is 2. The predicted octanol–water partition coefficient (Wildman–Crippen LogP) is 1.75. The molecule has 2 aromatic rings. The average Bonchev–Trinajstić information content (AvgIpc) is 2.86. The van der Waals surface area contributed by atoms with Crippen molar-refractivity contribution >= 4 is 0 Å². The molecule has 1 heterocycles. The van der Waals surface area contributed by atoms with Crippen molar-refractivity contribution in [1.82, 2.24) is 15.1 Å². The quantitative estimate of drug-likeness (QED) is 0.890. The van der Waals surface area contributed by atoms with Gasteiger partial charge in [0.05, 0.1) is 26.0 Å². The Morgan fingerprint density at radius 2 is 2.00 bits per heavy atom. The molecule has 5 heteroatoms. The van der Waals surface area contributed by atoms with Crippen LogP contribution in [0.2, 0.25) is 0 Å². The zero-order chi connectivity index (χ0) is 13.8. The molecule has 19 heavy (non-hydrogen) atoms. The minimum atomic E-state index is 0.0216. The first-order valence-electron chi connectivity index (χ1n) is 6.08. The molecule has 1 atom stereocenters. The highest BCUT2D eigenvalue weighted by Gasteiger charge is 2.19. The fourth-order valence-electron chi connectivity index (χ4n) is 2.19. The Labute approximate surface area is 113 Å². The summed E-state index contributed by atoms with van der Waals surface area (Å²) in [4.78, 5) is 0. The lowest BCUT2D eigenvalue weighted by Crippen LogP contribution is -2.21. The molecule has 1 aromatic carbocycles. The van der Waals surface area contributed by atoms with Crippen LogP contribution in [0.25, 0.3) is 0 Å². The van der Waals surface area contributed by atoms with Gasteiger partial charge in [-0.25, -0.2) is 0 Å². The normalized spacial score (nSPS) is 12.2. The first-order chi connectivity index (χ1) is 9.21. The lowest BCUT2D eigenvalue weighted by Gasteiger charge is -2.20. The van der Waals surface area contributed by atoms with Gasteiger partial charge >= 0.3 is 0 Å². The van der Waals surface area contributed by atoms with Gasteiger partial charge in [-0.2, -0.15) is 5.10 Å².